The Kier molecular flexibility index (Phi) is 4.74. The lowest BCUT2D eigenvalue weighted by Crippen LogP contribution is -2.42. The summed E-state index contributed by atoms with van der Waals surface area (Å²) in [5, 5.41) is 5.44. The van der Waals surface area contributed by atoms with Crippen LogP contribution in [-0.4, -0.2) is 44.6 Å². The van der Waals surface area contributed by atoms with Gasteiger partial charge >= 0.3 is 6.18 Å². The molecular formula is C16H21F3N6O. The predicted molar refractivity (Wildman–Crippen MR) is 95.6 cm³/mol. The molecule has 3 N–H and O–H groups in total. The van der Waals surface area contributed by atoms with Gasteiger partial charge in [-0.3, -0.25) is 4.79 Å². The van der Waals surface area contributed by atoms with Crippen LogP contribution in [0, 0.1) is 0 Å². The molecule has 3 rings (SSSR count). The molecule has 0 aliphatic carbocycles. The highest BCUT2D eigenvalue weighted by Crippen LogP contribution is 2.24. The van der Waals surface area contributed by atoms with Gasteiger partial charge in [-0.25, -0.2) is 15.0 Å². The minimum atomic E-state index is -4.46. The second kappa shape index (κ2) is 6.98. The molecule has 26 heavy (non-hydrogen) atoms. The fourth-order valence-corrected chi connectivity index (χ4v) is 2.35. The Morgan fingerprint density at radius 1 is 1.27 bits per heavy atom. The second-order valence-electron chi connectivity index (χ2n) is 5.56. The monoisotopic (exact) mass is 370 g/mol. The molecular weight excluding hydrogens is 349 g/mol. The number of hydrogen-bond acceptors (Lipinski definition) is 5. The summed E-state index contributed by atoms with van der Waals surface area (Å²) in [5.41, 5.74) is 1.43. The topological polar surface area (TPSA) is 95.6 Å². The number of halogens is 3. The van der Waals surface area contributed by atoms with Gasteiger partial charge in [-0.05, 0) is 25.1 Å². The summed E-state index contributed by atoms with van der Waals surface area (Å²) in [6.45, 7) is 0.0691. The van der Waals surface area contributed by atoms with Crippen LogP contribution in [0.3, 0.4) is 0 Å². The third-order valence-electron chi connectivity index (χ3n) is 3.58. The van der Waals surface area contributed by atoms with Crippen LogP contribution in [0.5, 0.6) is 0 Å². The Balaban J connectivity index is 0.00000261. The van der Waals surface area contributed by atoms with Crippen LogP contribution in [0.15, 0.2) is 36.8 Å². The van der Waals surface area contributed by atoms with Crippen molar-refractivity contribution in [3.63, 3.8) is 0 Å². The van der Waals surface area contributed by atoms with Gasteiger partial charge in [0.2, 0.25) is 5.91 Å². The highest BCUT2D eigenvalue weighted by Gasteiger charge is 2.28. The normalized spacial score (nSPS) is 12.8. The number of aromatic nitrogens is 4. The van der Waals surface area contributed by atoms with Crippen LogP contribution in [0.4, 0.5) is 19.0 Å². The molecule has 142 valence electrons. The number of carbonyl (C=O) groups excluding carboxylic acids is 1. The molecule has 0 spiro atoms. The first-order valence-corrected chi connectivity index (χ1v) is 7.70. The van der Waals surface area contributed by atoms with E-state index in [2.05, 4.69) is 25.3 Å². The zero-order chi connectivity index (χ0) is 18.7. The summed E-state index contributed by atoms with van der Waals surface area (Å²) in [7, 11) is 0. The molecule has 0 fully saturated rings. The van der Waals surface area contributed by atoms with Crippen molar-refractivity contribution < 1.29 is 22.2 Å². The van der Waals surface area contributed by atoms with Crippen molar-refractivity contribution in [3.8, 4) is 11.4 Å². The largest absolute Gasteiger partial charge is 0.405 e. The summed E-state index contributed by atoms with van der Waals surface area (Å²) in [6, 6.07) is 4.24. The number of nitrogens with zero attached hydrogens (tertiary/aromatic N) is 3. The number of hydrogen-bond donors (Lipinski definition) is 3. The number of alkyl halides is 3. The van der Waals surface area contributed by atoms with Crippen LogP contribution >= 0.6 is 0 Å². The first-order chi connectivity index (χ1) is 12.3. The lowest BCUT2D eigenvalue weighted by atomic mass is 10.2. The lowest BCUT2D eigenvalue weighted by Gasteiger charge is -2.16. The zero-order valence-corrected chi connectivity index (χ0v) is 13.6. The van der Waals surface area contributed by atoms with E-state index in [0.717, 1.165) is 10.9 Å². The molecule has 10 heteroatoms. The average Bonchev–Trinajstić information content (AvgIpc) is 3.07. The van der Waals surface area contributed by atoms with Crippen molar-refractivity contribution in [2.24, 2.45) is 0 Å². The smallest absolute Gasteiger partial charge is 0.359 e. The molecule has 3 aromatic rings. The Hall–Kier alpha value is -3.17. The van der Waals surface area contributed by atoms with Gasteiger partial charge in [0.1, 0.15) is 24.1 Å². The molecule has 0 aliphatic heterocycles. The van der Waals surface area contributed by atoms with E-state index in [9.17, 15) is 18.0 Å². The third kappa shape index (κ3) is 4.08. The van der Waals surface area contributed by atoms with Crippen molar-refractivity contribution >= 4 is 22.8 Å². The maximum absolute atomic E-state index is 12.2. The van der Waals surface area contributed by atoms with E-state index < -0.39 is 24.7 Å². The van der Waals surface area contributed by atoms with Crippen molar-refractivity contribution in [2.45, 2.75) is 19.1 Å². The number of amides is 1. The summed E-state index contributed by atoms with van der Waals surface area (Å²) < 4.78 is 36.6. The molecule has 0 saturated heterocycles. The first-order valence-electron chi connectivity index (χ1n) is 7.70. The number of carbonyl (C=O) groups is 1. The molecule has 1 amide bonds. The van der Waals surface area contributed by atoms with Gasteiger partial charge in [0.15, 0.2) is 5.82 Å². The quantitative estimate of drug-likeness (QED) is 0.641. The van der Waals surface area contributed by atoms with E-state index in [1.807, 2.05) is 11.4 Å². The Labute approximate surface area is 150 Å². The molecule has 1 atom stereocenters. The van der Waals surface area contributed by atoms with E-state index in [4.69, 9.17) is 0 Å². The Morgan fingerprint density at radius 2 is 2.04 bits per heavy atom. The number of H-pyrrole nitrogens is 1. The van der Waals surface area contributed by atoms with E-state index in [0.29, 0.717) is 17.3 Å². The highest BCUT2D eigenvalue weighted by atomic mass is 19.4. The van der Waals surface area contributed by atoms with Crippen LogP contribution < -0.4 is 10.6 Å². The minimum Gasteiger partial charge on any atom is -0.359 e. The fraction of sp³-hybridized carbons (Fsp3) is 0.250. The van der Waals surface area contributed by atoms with Gasteiger partial charge in [0.05, 0.1) is 0 Å². The minimum absolute atomic E-state index is 0. The summed E-state index contributed by atoms with van der Waals surface area (Å²) in [6.07, 6.45) is 0.409. The lowest BCUT2D eigenvalue weighted by molar-refractivity contribution is -0.138. The first kappa shape index (κ1) is 17.6. The molecule has 3 aromatic heterocycles. The summed E-state index contributed by atoms with van der Waals surface area (Å²) in [5.74, 6) is -0.0468. The second-order valence-corrected chi connectivity index (χ2v) is 5.56. The molecule has 0 aromatic carbocycles. The maximum Gasteiger partial charge on any atom is 0.405 e. The fourth-order valence-electron chi connectivity index (χ4n) is 2.35. The Morgan fingerprint density at radius 3 is 2.81 bits per heavy atom. The van der Waals surface area contributed by atoms with Crippen LogP contribution in [0.1, 0.15) is 11.2 Å². The standard InChI is InChI=1S/C16H15F3N6O.3H2/c1-9(15(26)23-8-16(17,18)19)24-12-4-7-22-14(25-12)11-3-6-21-13-10(11)2-5-20-13;;;/h2-7,9H,8H2,1H3,(H,20,21)(H,23,26)(H,22,24,25);3*1H/t9-;;;/m1.../s1. The van der Waals surface area contributed by atoms with Gasteiger partial charge < -0.3 is 15.6 Å². The van der Waals surface area contributed by atoms with Gasteiger partial charge in [-0.15, -0.1) is 0 Å². The van der Waals surface area contributed by atoms with Crippen molar-refractivity contribution in [1.82, 2.24) is 25.3 Å². The van der Waals surface area contributed by atoms with Gasteiger partial charge in [-0.1, -0.05) is 0 Å². The Bertz CT molecular complexity index is 937. The van der Waals surface area contributed by atoms with Gasteiger partial charge in [0.25, 0.3) is 0 Å². The van der Waals surface area contributed by atoms with E-state index in [-0.39, 0.29) is 4.28 Å². The van der Waals surface area contributed by atoms with Crippen molar-refractivity contribution in [1.29, 1.82) is 0 Å². The number of pyridine rings is 1. The maximum atomic E-state index is 12.2. The van der Waals surface area contributed by atoms with Crippen molar-refractivity contribution in [3.05, 3.63) is 36.8 Å². The number of fused-ring (bicyclic) bond motifs is 1. The molecule has 0 saturated carbocycles. The average molecular weight is 370 g/mol. The van der Waals surface area contributed by atoms with Crippen molar-refractivity contribution in [2.75, 3.05) is 11.9 Å². The third-order valence-corrected chi connectivity index (χ3v) is 3.58. The summed E-state index contributed by atoms with van der Waals surface area (Å²) >= 11 is 0. The zero-order valence-electron chi connectivity index (χ0n) is 13.6. The van der Waals surface area contributed by atoms with E-state index in [1.54, 1.807) is 18.5 Å². The van der Waals surface area contributed by atoms with Crippen LogP contribution in [-0.2, 0) is 4.79 Å². The number of rotatable bonds is 5. The molecule has 0 aliphatic rings. The molecule has 3 heterocycles. The van der Waals surface area contributed by atoms with Crippen LogP contribution in [0.2, 0.25) is 0 Å². The van der Waals surface area contributed by atoms with Gasteiger partial charge in [-0.2, -0.15) is 13.2 Å². The molecule has 0 radical (unpaired) electrons. The highest BCUT2D eigenvalue weighted by molar-refractivity contribution is 5.91. The van der Waals surface area contributed by atoms with E-state index in [1.165, 1.54) is 19.2 Å². The molecule has 7 nitrogen and oxygen atoms in total. The van der Waals surface area contributed by atoms with Crippen LogP contribution in [0.25, 0.3) is 22.4 Å². The number of aromatic amines is 1. The number of anilines is 1. The van der Waals surface area contributed by atoms with Gasteiger partial charge in [0, 0.05) is 33.8 Å². The molecule has 0 bridgehead atoms. The molecule has 0 unspecified atom stereocenters. The van der Waals surface area contributed by atoms with E-state index >= 15 is 0 Å². The summed E-state index contributed by atoms with van der Waals surface area (Å²) in [4.78, 5) is 27.5. The SMILES string of the molecule is C[C@@H](Nc1ccnc(-c2ccnc3[nH]ccc23)n1)C(=O)NCC(F)(F)F.[HH].[HH].[HH]. The number of nitrogens with one attached hydrogen (secondary N) is 3. The predicted octanol–water partition coefficient (Wildman–Crippen LogP) is 3.24.